The molecule has 2 aromatic rings. The number of carbonyl (C=O) groups is 2. The summed E-state index contributed by atoms with van der Waals surface area (Å²) in [6.07, 6.45) is 9.80. The smallest absolute Gasteiger partial charge is 0.251 e. The summed E-state index contributed by atoms with van der Waals surface area (Å²) in [6, 6.07) is 6.55. The number of aliphatic hydroxyl groups is 1. The van der Waals surface area contributed by atoms with Crippen molar-refractivity contribution in [3.05, 3.63) is 72.3 Å². The lowest BCUT2D eigenvalue weighted by Gasteiger charge is -2.31. The van der Waals surface area contributed by atoms with E-state index < -0.39 is 18.2 Å². The maximum atomic E-state index is 12.3. The number of aromatic nitrogens is 2. The molecule has 8 nitrogen and oxygen atoms in total. The zero-order valence-electron chi connectivity index (χ0n) is 15.9. The van der Waals surface area contributed by atoms with Gasteiger partial charge < -0.3 is 20.5 Å². The molecule has 3 N–H and O–H groups in total. The number of ether oxygens (including phenoxy) is 1. The molecule has 3 heterocycles. The van der Waals surface area contributed by atoms with Gasteiger partial charge in [-0.3, -0.25) is 19.6 Å². The first-order chi connectivity index (χ1) is 14.2. The van der Waals surface area contributed by atoms with Gasteiger partial charge in [0.15, 0.2) is 0 Å². The van der Waals surface area contributed by atoms with E-state index in [-0.39, 0.29) is 24.8 Å². The average Bonchev–Trinajstić information content (AvgIpc) is 2.76. The van der Waals surface area contributed by atoms with E-state index in [1.807, 2.05) is 12.1 Å². The van der Waals surface area contributed by atoms with E-state index in [0.717, 1.165) is 12.0 Å². The number of nitrogens with zero attached hydrogens (tertiary/aromatic N) is 2. The Hall–Kier alpha value is -3.10. The molecule has 2 aromatic heterocycles. The van der Waals surface area contributed by atoms with Crippen LogP contribution in [0.5, 0.6) is 0 Å². The van der Waals surface area contributed by atoms with Gasteiger partial charge in [0, 0.05) is 36.9 Å². The SMILES string of the molecule is O=C(C[C@@H]1C=C[C@@H](NC(=O)c2ccncc2)[C@H](CO)O1)NCCc1ccncc1. The lowest BCUT2D eigenvalue weighted by Crippen LogP contribution is -2.49. The number of amides is 2. The highest BCUT2D eigenvalue weighted by atomic mass is 16.5. The van der Waals surface area contributed by atoms with Gasteiger partial charge in [-0.05, 0) is 36.2 Å². The first kappa shape index (κ1) is 20.6. The van der Waals surface area contributed by atoms with Crippen LogP contribution in [-0.4, -0.2) is 58.3 Å². The summed E-state index contributed by atoms with van der Waals surface area (Å²) in [5.41, 5.74) is 1.57. The first-order valence-corrected chi connectivity index (χ1v) is 9.47. The van der Waals surface area contributed by atoms with Crippen molar-refractivity contribution in [2.75, 3.05) is 13.2 Å². The van der Waals surface area contributed by atoms with Crippen molar-refractivity contribution in [2.45, 2.75) is 31.1 Å². The molecule has 152 valence electrons. The Bertz CT molecular complexity index is 829. The normalized spacial score (nSPS) is 20.8. The van der Waals surface area contributed by atoms with Crippen LogP contribution in [0.4, 0.5) is 0 Å². The third-order valence-electron chi connectivity index (χ3n) is 4.58. The molecule has 29 heavy (non-hydrogen) atoms. The molecular weight excluding hydrogens is 372 g/mol. The molecule has 0 saturated carbocycles. The second kappa shape index (κ2) is 10.4. The largest absolute Gasteiger partial charge is 0.394 e. The molecule has 0 bridgehead atoms. The highest BCUT2D eigenvalue weighted by Gasteiger charge is 2.29. The minimum absolute atomic E-state index is 0.135. The van der Waals surface area contributed by atoms with Crippen LogP contribution in [0.3, 0.4) is 0 Å². The van der Waals surface area contributed by atoms with Gasteiger partial charge in [-0.25, -0.2) is 0 Å². The summed E-state index contributed by atoms with van der Waals surface area (Å²) in [7, 11) is 0. The monoisotopic (exact) mass is 396 g/mol. The van der Waals surface area contributed by atoms with Crippen LogP contribution < -0.4 is 10.6 Å². The molecule has 1 aliphatic rings. The fourth-order valence-electron chi connectivity index (χ4n) is 3.02. The summed E-state index contributed by atoms with van der Waals surface area (Å²) in [4.78, 5) is 32.3. The number of carbonyl (C=O) groups excluding carboxylic acids is 2. The van der Waals surface area contributed by atoms with Crippen molar-refractivity contribution < 1.29 is 19.4 Å². The number of pyridine rings is 2. The Morgan fingerprint density at radius 2 is 1.72 bits per heavy atom. The van der Waals surface area contributed by atoms with Gasteiger partial charge in [-0.1, -0.05) is 12.2 Å². The van der Waals surface area contributed by atoms with Crippen molar-refractivity contribution in [3.8, 4) is 0 Å². The molecule has 0 unspecified atom stereocenters. The van der Waals surface area contributed by atoms with Crippen LogP contribution in [0.2, 0.25) is 0 Å². The number of rotatable bonds is 8. The highest BCUT2D eigenvalue weighted by Crippen LogP contribution is 2.16. The van der Waals surface area contributed by atoms with Crippen molar-refractivity contribution in [1.29, 1.82) is 0 Å². The summed E-state index contributed by atoms with van der Waals surface area (Å²) in [5.74, 6) is -0.416. The van der Waals surface area contributed by atoms with Crippen LogP contribution >= 0.6 is 0 Å². The van der Waals surface area contributed by atoms with Crippen molar-refractivity contribution in [2.24, 2.45) is 0 Å². The molecule has 3 rings (SSSR count). The van der Waals surface area contributed by atoms with Crippen LogP contribution in [0.1, 0.15) is 22.3 Å². The molecule has 3 atom stereocenters. The minimum Gasteiger partial charge on any atom is -0.394 e. The van der Waals surface area contributed by atoms with Gasteiger partial charge in [-0.15, -0.1) is 0 Å². The Morgan fingerprint density at radius 1 is 1.03 bits per heavy atom. The predicted octanol–water partition coefficient (Wildman–Crippen LogP) is 0.640. The molecule has 0 spiro atoms. The fourth-order valence-corrected chi connectivity index (χ4v) is 3.02. The topological polar surface area (TPSA) is 113 Å². The van der Waals surface area contributed by atoms with E-state index >= 15 is 0 Å². The van der Waals surface area contributed by atoms with Crippen molar-refractivity contribution >= 4 is 11.8 Å². The fraction of sp³-hybridized carbons (Fsp3) is 0.333. The van der Waals surface area contributed by atoms with Crippen LogP contribution in [-0.2, 0) is 16.0 Å². The van der Waals surface area contributed by atoms with Gasteiger partial charge in [0.2, 0.25) is 5.91 Å². The maximum absolute atomic E-state index is 12.3. The van der Waals surface area contributed by atoms with Crippen molar-refractivity contribution in [1.82, 2.24) is 20.6 Å². The van der Waals surface area contributed by atoms with E-state index in [0.29, 0.717) is 12.1 Å². The summed E-state index contributed by atoms with van der Waals surface area (Å²) < 4.78 is 5.79. The summed E-state index contributed by atoms with van der Waals surface area (Å²) in [6.45, 7) is 0.249. The number of hydrogen-bond donors (Lipinski definition) is 3. The second-order valence-corrected chi connectivity index (χ2v) is 6.68. The summed E-state index contributed by atoms with van der Waals surface area (Å²) in [5, 5.41) is 15.3. The third-order valence-corrected chi connectivity index (χ3v) is 4.58. The van der Waals surface area contributed by atoms with Crippen LogP contribution in [0, 0.1) is 0 Å². The molecule has 0 saturated heterocycles. The lowest BCUT2D eigenvalue weighted by molar-refractivity contribution is -0.125. The molecule has 0 radical (unpaired) electrons. The summed E-state index contributed by atoms with van der Waals surface area (Å²) >= 11 is 0. The first-order valence-electron chi connectivity index (χ1n) is 9.47. The molecule has 0 fully saturated rings. The zero-order valence-corrected chi connectivity index (χ0v) is 15.9. The Balaban J connectivity index is 1.47. The van der Waals surface area contributed by atoms with Crippen LogP contribution in [0.25, 0.3) is 0 Å². The van der Waals surface area contributed by atoms with E-state index in [1.165, 1.54) is 12.4 Å². The molecule has 2 amide bonds. The number of hydrogen-bond acceptors (Lipinski definition) is 6. The molecular formula is C21H24N4O4. The molecule has 1 aliphatic heterocycles. The van der Waals surface area contributed by atoms with Gasteiger partial charge in [-0.2, -0.15) is 0 Å². The zero-order chi connectivity index (χ0) is 20.5. The Labute approximate surface area is 169 Å². The van der Waals surface area contributed by atoms with Gasteiger partial charge in [0.1, 0.15) is 6.10 Å². The Morgan fingerprint density at radius 3 is 2.41 bits per heavy atom. The highest BCUT2D eigenvalue weighted by molar-refractivity contribution is 5.94. The third kappa shape index (κ3) is 6.20. The minimum atomic E-state index is -0.625. The Kier molecular flexibility index (Phi) is 7.43. The van der Waals surface area contributed by atoms with E-state index in [2.05, 4.69) is 20.6 Å². The molecule has 0 aromatic carbocycles. The van der Waals surface area contributed by atoms with Crippen molar-refractivity contribution in [3.63, 3.8) is 0 Å². The average molecular weight is 396 g/mol. The van der Waals surface area contributed by atoms with Crippen LogP contribution in [0.15, 0.2) is 61.2 Å². The molecule has 0 aliphatic carbocycles. The molecule has 8 heteroatoms. The maximum Gasteiger partial charge on any atom is 0.251 e. The lowest BCUT2D eigenvalue weighted by atomic mass is 10.0. The quantitative estimate of drug-likeness (QED) is 0.565. The standard InChI is InChI=1S/C21H24N4O4/c26-14-19-18(25-21(28)16-6-10-23-11-7-16)2-1-17(29-19)13-20(27)24-12-5-15-3-8-22-9-4-15/h1-4,6-11,17-19,26H,5,12-14H2,(H,24,27)(H,25,28)/t17-,18+,19-/m0/s1. The van der Waals surface area contributed by atoms with E-state index in [9.17, 15) is 14.7 Å². The van der Waals surface area contributed by atoms with Gasteiger partial charge in [0.05, 0.1) is 25.2 Å². The van der Waals surface area contributed by atoms with Gasteiger partial charge in [0.25, 0.3) is 5.91 Å². The second-order valence-electron chi connectivity index (χ2n) is 6.68. The number of nitrogens with one attached hydrogen (secondary N) is 2. The van der Waals surface area contributed by atoms with E-state index in [1.54, 1.807) is 36.7 Å². The van der Waals surface area contributed by atoms with E-state index in [4.69, 9.17) is 4.74 Å². The number of aliphatic hydroxyl groups excluding tert-OH is 1. The van der Waals surface area contributed by atoms with Gasteiger partial charge >= 0.3 is 0 Å². The predicted molar refractivity (Wildman–Crippen MR) is 106 cm³/mol.